The van der Waals surface area contributed by atoms with Gasteiger partial charge in [-0.2, -0.15) is 0 Å². The molecule has 7 heteroatoms. The van der Waals surface area contributed by atoms with Crippen LogP contribution < -0.4 is 10.6 Å². The minimum absolute atomic E-state index is 0.170. The Kier molecular flexibility index (Phi) is 6.84. The van der Waals surface area contributed by atoms with Crippen molar-refractivity contribution in [2.24, 2.45) is 0 Å². The lowest BCUT2D eigenvalue weighted by atomic mass is 10.1. The van der Waals surface area contributed by atoms with E-state index in [-0.39, 0.29) is 17.6 Å². The molecule has 0 unspecified atom stereocenters. The topological polar surface area (TPSA) is 71.1 Å². The number of carbonyl (C=O) groups is 2. The molecule has 0 radical (unpaired) electrons. The number of aryl methyl sites for hydroxylation is 2. The van der Waals surface area contributed by atoms with Crippen molar-refractivity contribution in [1.82, 2.24) is 10.3 Å². The summed E-state index contributed by atoms with van der Waals surface area (Å²) < 4.78 is 0.858. The van der Waals surface area contributed by atoms with Gasteiger partial charge < -0.3 is 10.6 Å². The maximum absolute atomic E-state index is 12.6. The summed E-state index contributed by atoms with van der Waals surface area (Å²) in [6, 6.07) is 15.0. The maximum Gasteiger partial charge on any atom is 0.253 e. The Balaban J connectivity index is 1.59. The van der Waals surface area contributed by atoms with Gasteiger partial charge in [0.2, 0.25) is 5.91 Å². The Bertz CT molecular complexity index is 968. The molecule has 0 aliphatic heterocycles. The fraction of sp³-hybridized carbons (Fsp3) is 0.190. The molecule has 0 atom stereocenters. The number of amides is 2. The standard InChI is InChI=1S/C21H21N3O2S2/c1-14-7-9-16(10-8-14)11-22-20(26)17-5-3-4-6-18(17)24-19(25)13-28-21-23-15(2)12-27-21/h3-10,12H,11,13H2,1-2H3,(H,22,26)(H,24,25). The number of hydrogen-bond donors (Lipinski definition) is 2. The van der Waals surface area contributed by atoms with Crippen LogP contribution in [0.3, 0.4) is 0 Å². The van der Waals surface area contributed by atoms with Crippen LogP contribution in [-0.4, -0.2) is 22.6 Å². The summed E-state index contributed by atoms with van der Waals surface area (Å²) in [5, 5.41) is 7.69. The first-order valence-corrected chi connectivity index (χ1v) is 10.7. The van der Waals surface area contributed by atoms with Crippen molar-refractivity contribution < 1.29 is 9.59 Å². The SMILES string of the molecule is Cc1ccc(CNC(=O)c2ccccc2NC(=O)CSc2nc(C)cs2)cc1. The van der Waals surface area contributed by atoms with E-state index >= 15 is 0 Å². The number of rotatable bonds is 7. The summed E-state index contributed by atoms with van der Waals surface area (Å²) in [7, 11) is 0. The van der Waals surface area contributed by atoms with Crippen molar-refractivity contribution in [2.75, 3.05) is 11.1 Å². The van der Waals surface area contributed by atoms with Crippen LogP contribution in [0.1, 0.15) is 27.2 Å². The van der Waals surface area contributed by atoms with E-state index in [9.17, 15) is 9.59 Å². The summed E-state index contributed by atoms with van der Waals surface area (Å²) in [5.74, 6) is -0.150. The third-order valence-corrected chi connectivity index (χ3v) is 6.08. The van der Waals surface area contributed by atoms with E-state index in [1.807, 2.05) is 43.5 Å². The number of anilines is 1. The predicted octanol–water partition coefficient (Wildman–Crippen LogP) is 4.42. The molecule has 0 saturated carbocycles. The van der Waals surface area contributed by atoms with Gasteiger partial charge in [0, 0.05) is 17.6 Å². The Morgan fingerprint density at radius 3 is 2.54 bits per heavy atom. The fourth-order valence-electron chi connectivity index (χ4n) is 2.49. The van der Waals surface area contributed by atoms with Gasteiger partial charge in [0.05, 0.1) is 17.0 Å². The quantitative estimate of drug-likeness (QED) is 0.565. The van der Waals surface area contributed by atoms with Crippen molar-refractivity contribution in [3.8, 4) is 0 Å². The number of nitrogens with zero attached hydrogens (tertiary/aromatic N) is 1. The Morgan fingerprint density at radius 1 is 1.07 bits per heavy atom. The molecular weight excluding hydrogens is 390 g/mol. The first-order chi connectivity index (χ1) is 13.5. The summed E-state index contributed by atoms with van der Waals surface area (Å²) in [5.41, 5.74) is 4.09. The second-order valence-corrected chi connectivity index (χ2v) is 8.39. The van der Waals surface area contributed by atoms with E-state index in [1.165, 1.54) is 28.7 Å². The van der Waals surface area contributed by atoms with Crippen LogP contribution >= 0.6 is 23.1 Å². The first-order valence-electron chi connectivity index (χ1n) is 8.79. The van der Waals surface area contributed by atoms with Gasteiger partial charge in [-0.25, -0.2) is 4.98 Å². The number of nitrogens with one attached hydrogen (secondary N) is 2. The van der Waals surface area contributed by atoms with Gasteiger partial charge in [0.1, 0.15) is 0 Å². The van der Waals surface area contributed by atoms with Crippen molar-refractivity contribution >= 4 is 40.6 Å². The molecule has 0 fully saturated rings. The monoisotopic (exact) mass is 411 g/mol. The number of hydrogen-bond acceptors (Lipinski definition) is 5. The molecule has 28 heavy (non-hydrogen) atoms. The molecule has 0 aliphatic carbocycles. The van der Waals surface area contributed by atoms with Gasteiger partial charge in [0.25, 0.3) is 5.91 Å². The number of aromatic nitrogens is 1. The molecule has 2 amide bonds. The zero-order chi connectivity index (χ0) is 19.9. The first kappa shape index (κ1) is 20.1. The molecule has 5 nitrogen and oxygen atoms in total. The van der Waals surface area contributed by atoms with Crippen molar-refractivity contribution in [1.29, 1.82) is 0 Å². The largest absolute Gasteiger partial charge is 0.348 e. The van der Waals surface area contributed by atoms with Gasteiger partial charge in [-0.1, -0.05) is 53.7 Å². The summed E-state index contributed by atoms with van der Waals surface area (Å²) in [4.78, 5) is 29.2. The molecule has 3 aromatic rings. The molecule has 0 spiro atoms. The number of carbonyl (C=O) groups excluding carboxylic acids is 2. The van der Waals surface area contributed by atoms with Crippen LogP contribution in [0.4, 0.5) is 5.69 Å². The molecule has 3 rings (SSSR count). The van der Waals surface area contributed by atoms with E-state index in [1.54, 1.807) is 24.3 Å². The minimum Gasteiger partial charge on any atom is -0.348 e. The van der Waals surface area contributed by atoms with Crippen LogP contribution in [0.25, 0.3) is 0 Å². The highest BCUT2D eigenvalue weighted by molar-refractivity contribution is 8.01. The number of para-hydroxylation sites is 1. The number of thiazole rings is 1. The van der Waals surface area contributed by atoms with Crippen LogP contribution in [0.5, 0.6) is 0 Å². The highest BCUT2D eigenvalue weighted by atomic mass is 32.2. The van der Waals surface area contributed by atoms with Gasteiger partial charge in [0.15, 0.2) is 4.34 Å². The second-order valence-electron chi connectivity index (χ2n) is 6.31. The second kappa shape index (κ2) is 9.52. The lowest BCUT2D eigenvalue weighted by molar-refractivity contribution is -0.113. The molecule has 0 bridgehead atoms. The van der Waals surface area contributed by atoms with E-state index < -0.39 is 0 Å². The van der Waals surface area contributed by atoms with Gasteiger partial charge in [-0.3, -0.25) is 9.59 Å². The van der Waals surface area contributed by atoms with Gasteiger partial charge >= 0.3 is 0 Å². The third-order valence-electron chi connectivity index (χ3n) is 3.94. The van der Waals surface area contributed by atoms with Crippen molar-refractivity contribution in [3.05, 3.63) is 76.3 Å². The van der Waals surface area contributed by atoms with Crippen LogP contribution in [0, 0.1) is 13.8 Å². The smallest absolute Gasteiger partial charge is 0.253 e. The van der Waals surface area contributed by atoms with E-state index in [0.717, 1.165) is 15.6 Å². The molecular formula is C21H21N3O2S2. The van der Waals surface area contributed by atoms with Crippen molar-refractivity contribution in [2.45, 2.75) is 24.7 Å². The third kappa shape index (κ3) is 5.68. The fourth-order valence-corrected chi connectivity index (χ4v) is 4.14. The van der Waals surface area contributed by atoms with E-state index in [0.29, 0.717) is 17.8 Å². The van der Waals surface area contributed by atoms with Crippen LogP contribution in [-0.2, 0) is 11.3 Å². The maximum atomic E-state index is 12.6. The number of benzene rings is 2. The summed E-state index contributed by atoms with van der Waals surface area (Å²) >= 11 is 2.91. The highest BCUT2D eigenvalue weighted by Gasteiger charge is 2.13. The van der Waals surface area contributed by atoms with Gasteiger partial charge in [-0.05, 0) is 31.5 Å². The zero-order valence-electron chi connectivity index (χ0n) is 15.7. The summed E-state index contributed by atoms with van der Waals surface area (Å²) in [6.07, 6.45) is 0. The molecule has 1 aromatic heterocycles. The lowest BCUT2D eigenvalue weighted by Crippen LogP contribution is -2.25. The van der Waals surface area contributed by atoms with E-state index in [2.05, 4.69) is 15.6 Å². The molecule has 2 aromatic carbocycles. The lowest BCUT2D eigenvalue weighted by Gasteiger charge is -2.11. The average Bonchev–Trinajstić information content (AvgIpc) is 3.11. The molecule has 1 heterocycles. The van der Waals surface area contributed by atoms with E-state index in [4.69, 9.17) is 0 Å². The average molecular weight is 412 g/mol. The normalized spacial score (nSPS) is 10.5. The zero-order valence-corrected chi connectivity index (χ0v) is 17.3. The highest BCUT2D eigenvalue weighted by Crippen LogP contribution is 2.23. The molecule has 144 valence electrons. The Labute approximate surface area is 172 Å². The molecule has 2 N–H and O–H groups in total. The summed E-state index contributed by atoms with van der Waals surface area (Å²) in [6.45, 7) is 4.38. The van der Waals surface area contributed by atoms with Gasteiger partial charge in [-0.15, -0.1) is 11.3 Å². The molecule has 0 aliphatic rings. The van der Waals surface area contributed by atoms with Crippen LogP contribution in [0.15, 0.2) is 58.3 Å². The Hall–Kier alpha value is -2.64. The minimum atomic E-state index is -0.223. The number of thioether (sulfide) groups is 1. The predicted molar refractivity (Wildman–Crippen MR) is 115 cm³/mol. The van der Waals surface area contributed by atoms with Crippen LogP contribution in [0.2, 0.25) is 0 Å². The van der Waals surface area contributed by atoms with Crippen molar-refractivity contribution in [3.63, 3.8) is 0 Å². The molecule has 0 saturated heterocycles. The Morgan fingerprint density at radius 2 is 1.82 bits per heavy atom.